The summed E-state index contributed by atoms with van der Waals surface area (Å²) in [4.78, 5) is 0.639. The van der Waals surface area contributed by atoms with Crippen molar-refractivity contribution in [3.8, 4) is 0 Å². The number of rotatable bonds is 2. The van der Waals surface area contributed by atoms with Crippen molar-refractivity contribution in [2.45, 2.75) is 10.4 Å². The minimum absolute atomic E-state index is 0.0818. The van der Waals surface area contributed by atoms with Crippen LogP contribution in [0.4, 0.5) is 13.2 Å². The molecule has 5 heteroatoms. The topological polar surface area (TPSA) is 0 Å². The van der Waals surface area contributed by atoms with Gasteiger partial charge in [0.25, 0.3) is 0 Å². The quantitative estimate of drug-likeness (QED) is 0.689. The van der Waals surface area contributed by atoms with Crippen LogP contribution in [0.5, 0.6) is 0 Å². The van der Waals surface area contributed by atoms with E-state index in [1.54, 1.807) is 12.1 Å². The van der Waals surface area contributed by atoms with Gasteiger partial charge in [-0.1, -0.05) is 36.4 Å². The number of halogens is 3. The monoisotopic (exact) mass is 260 g/mol. The van der Waals surface area contributed by atoms with E-state index in [-0.39, 0.29) is 10.8 Å². The largest absolute Gasteiger partial charge is 0.452 e. The molecule has 0 heterocycles. The van der Waals surface area contributed by atoms with Crippen LogP contribution in [0.15, 0.2) is 47.4 Å². The number of fused-ring (bicyclic) bond motifs is 1. The van der Waals surface area contributed by atoms with Gasteiger partial charge in [0.15, 0.2) is 0 Å². The van der Waals surface area contributed by atoms with Gasteiger partial charge in [-0.25, -0.2) is 0 Å². The van der Waals surface area contributed by atoms with Crippen molar-refractivity contribution in [3.05, 3.63) is 42.5 Å². The van der Waals surface area contributed by atoms with Crippen LogP contribution < -0.4 is 0 Å². The minimum Gasteiger partial charge on any atom is -0.160 e. The molecule has 0 radical (unpaired) electrons. The highest BCUT2D eigenvalue weighted by Gasteiger charge is 2.29. The summed E-state index contributed by atoms with van der Waals surface area (Å²) in [6.45, 7) is 0. The van der Waals surface area contributed by atoms with Gasteiger partial charge in [-0.15, -0.1) is 0 Å². The third kappa shape index (κ3) is 2.86. The van der Waals surface area contributed by atoms with Crippen LogP contribution in [0.3, 0.4) is 0 Å². The number of benzene rings is 2. The second kappa shape index (κ2) is 4.59. The van der Waals surface area contributed by atoms with Crippen LogP contribution in [-0.4, -0.2) is 5.51 Å². The van der Waals surface area contributed by atoms with Gasteiger partial charge < -0.3 is 0 Å². The maximum absolute atomic E-state index is 12.1. The summed E-state index contributed by atoms with van der Waals surface area (Å²) in [6.07, 6.45) is 0. The average Bonchev–Trinajstić information content (AvgIpc) is 2.25. The Kier molecular flexibility index (Phi) is 3.35. The predicted octanol–water partition coefficient (Wildman–Crippen LogP) is 5.10. The molecule has 0 bridgehead atoms. The number of hydrogen-bond acceptors (Lipinski definition) is 2. The molecule has 0 fully saturated rings. The summed E-state index contributed by atoms with van der Waals surface area (Å²) in [5.74, 6) is 0. The molecule has 0 aliphatic heterocycles. The molecule has 0 atom stereocenters. The summed E-state index contributed by atoms with van der Waals surface area (Å²) >= 11 is 0. The first-order valence-corrected chi connectivity index (χ1v) is 6.61. The number of hydrogen-bond donors (Lipinski definition) is 0. The van der Waals surface area contributed by atoms with Crippen LogP contribution in [0.25, 0.3) is 10.8 Å². The van der Waals surface area contributed by atoms with Gasteiger partial charge in [-0.05, 0) is 27.6 Å². The zero-order valence-corrected chi connectivity index (χ0v) is 9.62. The SMILES string of the molecule is FC(F)(F)SSc1cccc2ccccc12. The lowest BCUT2D eigenvalue weighted by molar-refractivity contribution is -0.0311. The zero-order chi connectivity index (χ0) is 11.6. The Morgan fingerprint density at radius 2 is 1.56 bits per heavy atom. The van der Waals surface area contributed by atoms with Gasteiger partial charge in [-0.2, -0.15) is 13.2 Å². The van der Waals surface area contributed by atoms with E-state index in [0.717, 1.165) is 21.6 Å². The van der Waals surface area contributed by atoms with Crippen LogP contribution in [0.1, 0.15) is 0 Å². The lowest BCUT2D eigenvalue weighted by atomic mass is 10.1. The fourth-order valence-electron chi connectivity index (χ4n) is 1.36. The molecule has 16 heavy (non-hydrogen) atoms. The van der Waals surface area contributed by atoms with E-state index < -0.39 is 5.51 Å². The minimum atomic E-state index is -4.21. The Morgan fingerprint density at radius 1 is 0.875 bits per heavy atom. The van der Waals surface area contributed by atoms with Crippen molar-refractivity contribution in [1.82, 2.24) is 0 Å². The summed E-state index contributed by atoms with van der Waals surface area (Å²) in [5, 5.41) is 1.81. The summed E-state index contributed by atoms with van der Waals surface area (Å²) in [6, 6.07) is 12.8. The van der Waals surface area contributed by atoms with Crippen molar-refractivity contribution >= 4 is 32.4 Å². The first-order chi connectivity index (χ1) is 7.56. The van der Waals surface area contributed by atoms with Crippen molar-refractivity contribution in [2.24, 2.45) is 0 Å². The fourth-order valence-corrected chi connectivity index (χ4v) is 2.94. The Balaban J connectivity index is 2.30. The smallest absolute Gasteiger partial charge is 0.160 e. The Morgan fingerprint density at radius 3 is 2.31 bits per heavy atom. The molecule has 0 nitrogen and oxygen atoms in total. The standard InChI is InChI=1S/C11H7F3S2/c12-11(13,14)16-15-10-7-3-5-8-4-1-2-6-9(8)10/h1-7H. The second-order valence-corrected chi connectivity index (χ2v) is 5.33. The lowest BCUT2D eigenvalue weighted by Gasteiger charge is -2.07. The van der Waals surface area contributed by atoms with Crippen molar-refractivity contribution in [2.75, 3.05) is 0 Å². The van der Waals surface area contributed by atoms with E-state index in [1.165, 1.54) is 0 Å². The molecule has 2 aromatic carbocycles. The third-order valence-electron chi connectivity index (χ3n) is 1.98. The molecule has 0 spiro atoms. The van der Waals surface area contributed by atoms with E-state index in [0.29, 0.717) is 4.90 Å². The van der Waals surface area contributed by atoms with E-state index in [9.17, 15) is 13.2 Å². The normalized spacial score (nSPS) is 11.9. The van der Waals surface area contributed by atoms with E-state index in [2.05, 4.69) is 0 Å². The maximum atomic E-state index is 12.1. The van der Waals surface area contributed by atoms with Crippen LogP contribution in [0, 0.1) is 0 Å². The first-order valence-electron chi connectivity index (χ1n) is 4.46. The third-order valence-corrected chi connectivity index (χ3v) is 4.14. The Labute approximate surface area is 98.6 Å². The molecular weight excluding hydrogens is 253 g/mol. The van der Waals surface area contributed by atoms with Gasteiger partial charge in [0.1, 0.15) is 0 Å². The Hall–Kier alpha value is -0.810. The summed E-state index contributed by atoms with van der Waals surface area (Å²) in [5.41, 5.74) is -4.21. The molecular formula is C11H7F3S2. The molecule has 0 amide bonds. The molecule has 0 saturated carbocycles. The molecule has 0 saturated heterocycles. The molecule has 84 valence electrons. The fraction of sp³-hybridized carbons (Fsp3) is 0.0909. The summed E-state index contributed by atoms with van der Waals surface area (Å²) in [7, 11) is 0.667. The van der Waals surface area contributed by atoms with Gasteiger partial charge in [0.05, 0.1) is 0 Å². The molecule has 0 unspecified atom stereocenters. The maximum Gasteiger partial charge on any atom is 0.452 e. The highest BCUT2D eigenvalue weighted by atomic mass is 33.1. The van der Waals surface area contributed by atoms with Crippen molar-refractivity contribution < 1.29 is 13.2 Å². The molecule has 0 aliphatic carbocycles. The van der Waals surface area contributed by atoms with E-state index in [1.807, 2.05) is 30.3 Å². The molecule has 2 aromatic rings. The molecule has 0 aromatic heterocycles. The highest BCUT2D eigenvalue weighted by Crippen LogP contribution is 2.45. The Bertz CT molecular complexity index is 489. The van der Waals surface area contributed by atoms with Gasteiger partial charge in [0.2, 0.25) is 0 Å². The number of alkyl halides is 3. The van der Waals surface area contributed by atoms with Crippen LogP contribution >= 0.6 is 21.6 Å². The molecule has 2 rings (SSSR count). The van der Waals surface area contributed by atoms with Gasteiger partial charge in [-0.3, -0.25) is 0 Å². The van der Waals surface area contributed by atoms with Gasteiger partial charge in [0, 0.05) is 15.7 Å². The van der Waals surface area contributed by atoms with Gasteiger partial charge >= 0.3 is 5.51 Å². The predicted molar refractivity (Wildman–Crippen MR) is 63.5 cm³/mol. The first kappa shape index (κ1) is 11.7. The van der Waals surface area contributed by atoms with Crippen molar-refractivity contribution in [3.63, 3.8) is 0 Å². The molecule has 0 aliphatic rings. The van der Waals surface area contributed by atoms with Crippen LogP contribution in [-0.2, 0) is 0 Å². The second-order valence-electron chi connectivity index (χ2n) is 3.09. The summed E-state index contributed by atoms with van der Waals surface area (Å²) < 4.78 is 36.3. The van der Waals surface area contributed by atoms with Crippen molar-refractivity contribution in [1.29, 1.82) is 0 Å². The average molecular weight is 260 g/mol. The van der Waals surface area contributed by atoms with Crippen LogP contribution in [0.2, 0.25) is 0 Å². The molecule has 0 N–H and O–H groups in total. The van der Waals surface area contributed by atoms with E-state index >= 15 is 0 Å². The highest BCUT2D eigenvalue weighted by molar-refractivity contribution is 8.77. The van der Waals surface area contributed by atoms with E-state index in [4.69, 9.17) is 0 Å². The lowest BCUT2D eigenvalue weighted by Crippen LogP contribution is -1.95. The zero-order valence-electron chi connectivity index (χ0n) is 7.99.